The number of hydrogen-bond acceptors (Lipinski definition) is 3. The van der Waals surface area contributed by atoms with Gasteiger partial charge in [-0.1, -0.05) is 13.8 Å². The summed E-state index contributed by atoms with van der Waals surface area (Å²) in [6, 6.07) is 7.14. The standard InChI is InChI=1S/C21H25N5O/c1-13(2)21(27)26-16-3-5-19(26)14(9-16)12-25-8-7-18-20(25)6-4-17(24-18)15-10-22-23-11-15/h4,6-8,10-11,13-14,16,19H,3,5,9,12H2,1-2H3,(H,22,23). The highest BCUT2D eigenvalue weighted by Crippen LogP contribution is 2.43. The van der Waals surface area contributed by atoms with Gasteiger partial charge in [-0.2, -0.15) is 5.10 Å². The maximum absolute atomic E-state index is 12.6. The van der Waals surface area contributed by atoms with Gasteiger partial charge in [0.15, 0.2) is 0 Å². The van der Waals surface area contributed by atoms with Crippen molar-refractivity contribution in [1.29, 1.82) is 0 Å². The summed E-state index contributed by atoms with van der Waals surface area (Å²) in [4.78, 5) is 19.6. The van der Waals surface area contributed by atoms with Crippen LogP contribution in [0.5, 0.6) is 0 Å². The van der Waals surface area contributed by atoms with Gasteiger partial charge in [-0.15, -0.1) is 0 Å². The van der Waals surface area contributed by atoms with Crippen molar-refractivity contribution in [3.05, 3.63) is 36.8 Å². The van der Waals surface area contributed by atoms with Crippen molar-refractivity contribution in [3.8, 4) is 11.3 Å². The van der Waals surface area contributed by atoms with Crippen molar-refractivity contribution in [2.45, 2.75) is 51.7 Å². The van der Waals surface area contributed by atoms with Crippen molar-refractivity contribution < 1.29 is 4.79 Å². The van der Waals surface area contributed by atoms with E-state index in [0.717, 1.165) is 41.7 Å². The molecule has 2 aliphatic rings. The van der Waals surface area contributed by atoms with Gasteiger partial charge < -0.3 is 9.47 Å². The van der Waals surface area contributed by atoms with Crippen molar-refractivity contribution in [3.63, 3.8) is 0 Å². The lowest BCUT2D eigenvalue weighted by Crippen LogP contribution is -2.39. The molecule has 2 aliphatic heterocycles. The number of nitrogens with zero attached hydrogens (tertiary/aromatic N) is 4. The Morgan fingerprint density at radius 2 is 2.19 bits per heavy atom. The molecule has 6 heteroatoms. The summed E-state index contributed by atoms with van der Waals surface area (Å²) in [6.45, 7) is 4.98. The second-order valence-corrected chi connectivity index (χ2v) is 8.25. The molecule has 27 heavy (non-hydrogen) atoms. The molecule has 5 heterocycles. The first-order chi connectivity index (χ1) is 13.1. The molecule has 0 aliphatic carbocycles. The first-order valence-electron chi connectivity index (χ1n) is 9.89. The van der Waals surface area contributed by atoms with E-state index in [4.69, 9.17) is 4.98 Å². The summed E-state index contributed by atoms with van der Waals surface area (Å²) >= 11 is 0. The van der Waals surface area contributed by atoms with Crippen LogP contribution in [0.1, 0.15) is 33.1 Å². The second kappa shape index (κ2) is 6.22. The molecule has 3 atom stereocenters. The first-order valence-corrected chi connectivity index (χ1v) is 9.89. The Hall–Kier alpha value is -2.63. The molecule has 0 saturated carbocycles. The van der Waals surface area contributed by atoms with E-state index < -0.39 is 0 Å². The molecule has 1 amide bonds. The molecule has 0 aromatic carbocycles. The lowest BCUT2D eigenvalue weighted by molar-refractivity contribution is -0.135. The number of hydrogen-bond donors (Lipinski definition) is 1. The van der Waals surface area contributed by atoms with E-state index in [2.05, 4.69) is 44.1 Å². The predicted molar refractivity (Wildman–Crippen MR) is 104 cm³/mol. The summed E-state index contributed by atoms with van der Waals surface area (Å²) < 4.78 is 2.31. The Balaban J connectivity index is 1.39. The lowest BCUT2D eigenvalue weighted by Gasteiger charge is -2.26. The van der Waals surface area contributed by atoms with Crippen LogP contribution in [-0.4, -0.2) is 42.6 Å². The minimum atomic E-state index is 0.0878. The molecule has 2 saturated heterocycles. The van der Waals surface area contributed by atoms with Gasteiger partial charge >= 0.3 is 0 Å². The maximum atomic E-state index is 12.6. The number of aromatic nitrogens is 4. The average molecular weight is 363 g/mol. The van der Waals surface area contributed by atoms with Crippen molar-refractivity contribution >= 4 is 16.9 Å². The molecular weight excluding hydrogens is 338 g/mol. The number of carbonyl (C=O) groups is 1. The van der Waals surface area contributed by atoms with E-state index in [0.29, 0.717) is 23.9 Å². The topological polar surface area (TPSA) is 66.8 Å². The highest BCUT2D eigenvalue weighted by Gasteiger charge is 2.48. The highest BCUT2D eigenvalue weighted by atomic mass is 16.2. The van der Waals surface area contributed by atoms with E-state index in [-0.39, 0.29) is 5.92 Å². The van der Waals surface area contributed by atoms with Crippen LogP contribution >= 0.6 is 0 Å². The third-order valence-electron chi connectivity index (χ3n) is 6.26. The molecule has 3 unspecified atom stereocenters. The Labute approximate surface area is 158 Å². The van der Waals surface area contributed by atoms with Gasteiger partial charge in [0.25, 0.3) is 0 Å². The number of H-pyrrole nitrogens is 1. The smallest absolute Gasteiger partial charge is 0.225 e. The Bertz CT molecular complexity index is 974. The molecule has 6 nitrogen and oxygen atoms in total. The molecule has 3 aromatic heterocycles. The zero-order valence-corrected chi connectivity index (χ0v) is 15.8. The van der Waals surface area contributed by atoms with Gasteiger partial charge in [0.1, 0.15) is 0 Å². The Kier molecular flexibility index (Phi) is 3.81. The number of nitrogens with one attached hydrogen (secondary N) is 1. The summed E-state index contributed by atoms with van der Waals surface area (Å²) in [6.07, 6.45) is 9.24. The highest BCUT2D eigenvalue weighted by molar-refractivity contribution is 5.80. The first kappa shape index (κ1) is 16.5. The second-order valence-electron chi connectivity index (χ2n) is 8.25. The number of fused-ring (bicyclic) bond motifs is 3. The van der Waals surface area contributed by atoms with Crippen LogP contribution in [0.3, 0.4) is 0 Å². The van der Waals surface area contributed by atoms with Gasteiger partial charge in [0.2, 0.25) is 5.91 Å². The molecule has 0 spiro atoms. The van der Waals surface area contributed by atoms with Gasteiger partial charge in [0, 0.05) is 42.5 Å². The molecule has 3 aromatic rings. The van der Waals surface area contributed by atoms with Crippen molar-refractivity contribution in [2.24, 2.45) is 11.8 Å². The molecule has 2 bridgehead atoms. The monoisotopic (exact) mass is 363 g/mol. The fourth-order valence-corrected chi connectivity index (χ4v) is 4.99. The van der Waals surface area contributed by atoms with Gasteiger partial charge in [-0.25, -0.2) is 4.98 Å². The largest absolute Gasteiger partial charge is 0.346 e. The zero-order chi connectivity index (χ0) is 18.5. The van der Waals surface area contributed by atoms with Crippen molar-refractivity contribution in [2.75, 3.05) is 0 Å². The summed E-state index contributed by atoms with van der Waals surface area (Å²) in [5, 5.41) is 6.84. The number of amides is 1. The normalized spacial score (nSPS) is 24.4. The van der Waals surface area contributed by atoms with Crippen LogP contribution in [0.15, 0.2) is 36.8 Å². The predicted octanol–water partition coefficient (Wildman–Crippen LogP) is 3.46. The fraction of sp³-hybridized carbons (Fsp3) is 0.476. The third-order valence-corrected chi connectivity index (χ3v) is 6.26. The van der Waals surface area contributed by atoms with Crippen LogP contribution in [0.2, 0.25) is 0 Å². The average Bonchev–Trinajstić information content (AvgIpc) is 3.44. The summed E-state index contributed by atoms with van der Waals surface area (Å²) in [7, 11) is 0. The lowest BCUT2D eigenvalue weighted by atomic mass is 9.89. The van der Waals surface area contributed by atoms with Crippen LogP contribution in [0, 0.1) is 11.8 Å². The van der Waals surface area contributed by atoms with Crippen molar-refractivity contribution in [1.82, 2.24) is 24.6 Å². The number of aromatic amines is 1. The molecular formula is C21H25N5O. The molecule has 1 N–H and O–H groups in total. The van der Waals surface area contributed by atoms with E-state index in [1.165, 1.54) is 6.42 Å². The van der Waals surface area contributed by atoms with Gasteiger partial charge in [-0.05, 0) is 43.4 Å². The van der Waals surface area contributed by atoms with Gasteiger partial charge in [0.05, 0.1) is 22.9 Å². The summed E-state index contributed by atoms with van der Waals surface area (Å²) in [5.74, 6) is 0.953. The van der Waals surface area contributed by atoms with E-state index in [1.54, 1.807) is 6.20 Å². The van der Waals surface area contributed by atoms with Crippen LogP contribution in [0.25, 0.3) is 22.3 Å². The zero-order valence-electron chi connectivity index (χ0n) is 15.8. The number of pyridine rings is 1. The molecule has 5 rings (SSSR count). The summed E-state index contributed by atoms with van der Waals surface area (Å²) in [5.41, 5.74) is 4.10. The van der Waals surface area contributed by atoms with Crippen LogP contribution in [-0.2, 0) is 11.3 Å². The molecule has 0 radical (unpaired) electrons. The van der Waals surface area contributed by atoms with E-state index in [9.17, 15) is 4.79 Å². The molecule has 140 valence electrons. The minimum absolute atomic E-state index is 0.0878. The fourth-order valence-electron chi connectivity index (χ4n) is 4.99. The maximum Gasteiger partial charge on any atom is 0.225 e. The van der Waals surface area contributed by atoms with E-state index in [1.807, 2.05) is 20.0 Å². The van der Waals surface area contributed by atoms with Crippen LogP contribution < -0.4 is 0 Å². The minimum Gasteiger partial charge on any atom is -0.346 e. The number of rotatable bonds is 4. The SMILES string of the molecule is CC(C)C(=O)N1C2CCC1C(Cn1ccc3nc(-c4cn[nH]c4)ccc31)C2. The Morgan fingerprint density at radius 1 is 1.30 bits per heavy atom. The quantitative estimate of drug-likeness (QED) is 0.772. The van der Waals surface area contributed by atoms with E-state index >= 15 is 0 Å². The number of carbonyl (C=O) groups excluding carboxylic acids is 1. The van der Waals surface area contributed by atoms with Gasteiger partial charge in [-0.3, -0.25) is 9.89 Å². The van der Waals surface area contributed by atoms with Crippen LogP contribution in [0.4, 0.5) is 0 Å². The molecule has 2 fully saturated rings. The third kappa shape index (κ3) is 2.66. The Morgan fingerprint density at radius 3 is 2.96 bits per heavy atom.